The summed E-state index contributed by atoms with van der Waals surface area (Å²) in [4.78, 5) is 41.2. The van der Waals surface area contributed by atoms with Gasteiger partial charge in [-0.15, -0.1) is 5.10 Å². The number of anilines is 1. The predicted molar refractivity (Wildman–Crippen MR) is 202 cm³/mol. The number of methoxy groups -OCH3 is 1. The van der Waals surface area contributed by atoms with Crippen molar-refractivity contribution in [2.45, 2.75) is 57.1 Å². The summed E-state index contributed by atoms with van der Waals surface area (Å²) in [7, 11) is 1.61. The zero-order valence-corrected chi connectivity index (χ0v) is 30.3. The maximum Gasteiger partial charge on any atom is 0.270 e. The molecular formula is C41H43FN8O4. The number of piperazine rings is 1. The molecule has 278 valence electrons. The van der Waals surface area contributed by atoms with Crippen LogP contribution in [0.1, 0.15) is 66.1 Å². The van der Waals surface area contributed by atoms with Gasteiger partial charge in [-0.05, 0) is 79.0 Å². The average molecular weight is 731 g/mol. The van der Waals surface area contributed by atoms with E-state index in [1.165, 1.54) is 18.4 Å². The van der Waals surface area contributed by atoms with E-state index in [2.05, 4.69) is 26.3 Å². The van der Waals surface area contributed by atoms with Crippen LogP contribution in [0.4, 0.5) is 10.2 Å². The molecular weight excluding hydrogens is 688 g/mol. The van der Waals surface area contributed by atoms with E-state index in [4.69, 9.17) is 14.5 Å². The SMILES string of the molecule is COc1ccccc1-c1cc(C2=CCCN(C(=O)CCn3ccnn3)C2)c(F)c2[nH]c(C(=O)N3CCN(c4ncc(C5CC5)cc4OC4CC4)CC3)cc12. The highest BCUT2D eigenvalue weighted by atomic mass is 19.1. The number of halogens is 1. The second kappa shape index (κ2) is 14.3. The van der Waals surface area contributed by atoms with Crippen LogP contribution in [0.2, 0.25) is 0 Å². The highest BCUT2D eigenvalue weighted by molar-refractivity contribution is 6.05. The van der Waals surface area contributed by atoms with Crippen LogP contribution in [0.15, 0.2) is 67.1 Å². The average Bonchev–Trinajstić information content (AvgIpc) is 4.13. The fourth-order valence-corrected chi connectivity index (χ4v) is 7.65. The summed E-state index contributed by atoms with van der Waals surface area (Å²) in [5, 5.41) is 8.35. The number of para-hydroxylation sites is 1. The summed E-state index contributed by atoms with van der Waals surface area (Å²) in [5.74, 6) is 2.22. The van der Waals surface area contributed by atoms with Gasteiger partial charge in [0.2, 0.25) is 5.91 Å². The predicted octanol–water partition coefficient (Wildman–Crippen LogP) is 6.06. The van der Waals surface area contributed by atoms with Gasteiger partial charge in [0.15, 0.2) is 17.4 Å². The molecule has 3 fully saturated rings. The van der Waals surface area contributed by atoms with E-state index in [-0.39, 0.29) is 36.4 Å². The van der Waals surface area contributed by atoms with Crippen molar-refractivity contribution >= 4 is 34.1 Å². The monoisotopic (exact) mass is 730 g/mol. The molecule has 1 saturated heterocycles. The van der Waals surface area contributed by atoms with Crippen LogP contribution in [-0.4, -0.2) is 99.1 Å². The third-order valence-electron chi connectivity index (χ3n) is 10.9. The van der Waals surface area contributed by atoms with E-state index in [1.54, 1.807) is 35.2 Å². The van der Waals surface area contributed by atoms with Gasteiger partial charge >= 0.3 is 0 Å². The zero-order chi connectivity index (χ0) is 36.8. The number of rotatable bonds is 11. The number of hydrogen-bond acceptors (Lipinski definition) is 8. The zero-order valence-electron chi connectivity index (χ0n) is 30.3. The molecule has 4 aliphatic rings. The molecule has 0 spiro atoms. The summed E-state index contributed by atoms with van der Waals surface area (Å²) < 4.78 is 30.5. The molecule has 54 heavy (non-hydrogen) atoms. The van der Waals surface area contributed by atoms with Crippen LogP contribution < -0.4 is 14.4 Å². The van der Waals surface area contributed by atoms with E-state index in [9.17, 15) is 9.59 Å². The largest absolute Gasteiger partial charge is 0.496 e. The van der Waals surface area contributed by atoms with Crippen molar-refractivity contribution in [1.29, 1.82) is 0 Å². The number of nitrogens with one attached hydrogen (secondary N) is 1. The minimum atomic E-state index is -0.459. The fourth-order valence-electron chi connectivity index (χ4n) is 7.65. The van der Waals surface area contributed by atoms with Crippen molar-refractivity contribution in [3.8, 4) is 22.6 Å². The van der Waals surface area contributed by atoms with Crippen molar-refractivity contribution in [1.82, 2.24) is 34.8 Å². The van der Waals surface area contributed by atoms with Crippen molar-refractivity contribution in [3.63, 3.8) is 0 Å². The Bertz CT molecular complexity index is 2230. The number of nitrogens with zero attached hydrogens (tertiary/aromatic N) is 7. The Labute approximate surface area is 312 Å². The summed E-state index contributed by atoms with van der Waals surface area (Å²) in [6, 6.07) is 13.4. The Morgan fingerprint density at radius 2 is 1.78 bits per heavy atom. The van der Waals surface area contributed by atoms with Crippen LogP contribution in [0.25, 0.3) is 27.6 Å². The quantitative estimate of drug-likeness (QED) is 0.174. The summed E-state index contributed by atoms with van der Waals surface area (Å²) in [6.45, 7) is 3.43. The van der Waals surface area contributed by atoms with E-state index >= 15 is 4.39 Å². The maximum atomic E-state index is 16.8. The number of pyridine rings is 1. The molecule has 3 aromatic heterocycles. The molecule has 5 heterocycles. The summed E-state index contributed by atoms with van der Waals surface area (Å²) >= 11 is 0. The number of aromatic amines is 1. The molecule has 0 unspecified atom stereocenters. The molecule has 12 nitrogen and oxygen atoms in total. The van der Waals surface area contributed by atoms with Crippen LogP contribution >= 0.6 is 0 Å². The van der Waals surface area contributed by atoms with Gasteiger partial charge in [0, 0.05) is 74.6 Å². The van der Waals surface area contributed by atoms with Gasteiger partial charge in [-0.25, -0.2) is 9.37 Å². The number of H-pyrrole nitrogens is 1. The molecule has 2 amide bonds. The Hall–Kier alpha value is -5.72. The van der Waals surface area contributed by atoms with Crippen LogP contribution in [-0.2, 0) is 11.3 Å². The minimum absolute atomic E-state index is 0.0342. The fraction of sp³-hybridized carbons (Fsp3) is 0.390. The molecule has 2 aliphatic carbocycles. The highest BCUT2D eigenvalue weighted by Gasteiger charge is 2.32. The lowest BCUT2D eigenvalue weighted by molar-refractivity contribution is -0.131. The second-order valence-corrected chi connectivity index (χ2v) is 14.7. The van der Waals surface area contributed by atoms with Gasteiger partial charge in [-0.3, -0.25) is 14.3 Å². The van der Waals surface area contributed by atoms with Crippen LogP contribution in [0.3, 0.4) is 0 Å². The number of amides is 2. The lowest BCUT2D eigenvalue weighted by atomic mass is 9.93. The molecule has 13 heteroatoms. The molecule has 2 aromatic carbocycles. The number of aryl methyl sites for hydroxylation is 1. The number of aromatic nitrogens is 5. The molecule has 0 bridgehead atoms. The molecule has 2 saturated carbocycles. The lowest BCUT2D eigenvalue weighted by Gasteiger charge is -2.36. The first-order chi connectivity index (χ1) is 26.4. The lowest BCUT2D eigenvalue weighted by Crippen LogP contribution is -2.49. The highest BCUT2D eigenvalue weighted by Crippen LogP contribution is 2.44. The number of ether oxygens (including phenoxy) is 2. The first-order valence-electron chi connectivity index (χ1n) is 18.9. The standard InChI is InChI=1S/C41H43FN8O4/c1-53-35-7-3-2-6-30(35)32-22-31(27-5-4-14-49(25-27)37(51)12-15-50-16-13-44-46-50)38(42)39-33(32)23-34(45-39)41(52)48-19-17-47(18-20-48)40-36(54-29-10-11-29)21-28(24-43-40)26-8-9-26/h2-3,5-7,13,16,21-24,26,29,45H,4,8-12,14-15,17-20,25H2,1H3. The first kappa shape index (κ1) is 34.1. The Morgan fingerprint density at radius 3 is 2.54 bits per heavy atom. The van der Waals surface area contributed by atoms with Crippen molar-refractivity contribution < 1.29 is 23.5 Å². The molecule has 0 atom stereocenters. The Balaban J connectivity index is 0.983. The van der Waals surface area contributed by atoms with Crippen LogP contribution in [0, 0.1) is 5.82 Å². The van der Waals surface area contributed by atoms with Crippen molar-refractivity contribution in [3.05, 3.63) is 89.8 Å². The van der Waals surface area contributed by atoms with E-state index in [1.807, 2.05) is 47.5 Å². The van der Waals surface area contributed by atoms with Gasteiger partial charge in [-0.1, -0.05) is 29.5 Å². The third-order valence-corrected chi connectivity index (χ3v) is 10.9. The van der Waals surface area contributed by atoms with Gasteiger partial charge in [-0.2, -0.15) is 0 Å². The van der Waals surface area contributed by atoms with E-state index in [0.29, 0.717) is 79.6 Å². The van der Waals surface area contributed by atoms with E-state index < -0.39 is 5.82 Å². The Morgan fingerprint density at radius 1 is 0.944 bits per heavy atom. The smallest absolute Gasteiger partial charge is 0.270 e. The Kier molecular flexibility index (Phi) is 9.00. The number of carbonyl (C=O) groups excluding carboxylic acids is 2. The second-order valence-electron chi connectivity index (χ2n) is 14.7. The summed E-state index contributed by atoms with van der Waals surface area (Å²) in [5.41, 5.74) is 4.42. The normalized spacial score (nSPS) is 17.5. The molecule has 9 rings (SSSR count). The summed E-state index contributed by atoms with van der Waals surface area (Å²) in [6.07, 6.45) is 13.0. The van der Waals surface area contributed by atoms with Crippen molar-refractivity contribution in [2.75, 3.05) is 51.3 Å². The maximum absolute atomic E-state index is 16.8. The van der Waals surface area contributed by atoms with E-state index in [0.717, 1.165) is 35.5 Å². The molecule has 2 aliphatic heterocycles. The van der Waals surface area contributed by atoms with Gasteiger partial charge in [0.25, 0.3) is 5.91 Å². The molecule has 1 N–H and O–H groups in total. The minimum Gasteiger partial charge on any atom is -0.496 e. The van der Waals surface area contributed by atoms with Crippen LogP contribution in [0.5, 0.6) is 11.5 Å². The molecule has 0 radical (unpaired) electrons. The first-order valence-corrected chi connectivity index (χ1v) is 18.9. The van der Waals surface area contributed by atoms with Crippen molar-refractivity contribution in [2.24, 2.45) is 0 Å². The van der Waals surface area contributed by atoms with Gasteiger partial charge in [0.05, 0.1) is 31.5 Å². The molecule has 5 aromatic rings. The number of benzene rings is 2. The third kappa shape index (κ3) is 6.78. The number of fused-ring (bicyclic) bond motifs is 1. The number of carbonyl (C=O) groups is 2. The van der Waals surface area contributed by atoms with Gasteiger partial charge in [0.1, 0.15) is 11.4 Å². The van der Waals surface area contributed by atoms with Gasteiger partial charge < -0.3 is 29.2 Å². The topological polar surface area (TPSA) is 122 Å². The number of hydrogen-bond donors (Lipinski definition) is 1.